The zero-order valence-corrected chi connectivity index (χ0v) is 17.7. The summed E-state index contributed by atoms with van der Waals surface area (Å²) in [5, 5.41) is 9.62. The number of carbonyl (C=O) groups excluding carboxylic acids is 1. The maximum absolute atomic E-state index is 12.7. The van der Waals surface area contributed by atoms with E-state index in [1.54, 1.807) is 0 Å². The molecule has 2 heterocycles. The second-order valence-corrected chi connectivity index (χ2v) is 8.64. The van der Waals surface area contributed by atoms with Gasteiger partial charge >= 0.3 is 0 Å². The first-order valence-corrected chi connectivity index (χ1v) is 11.1. The van der Waals surface area contributed by atoms with E-state index in [1.807, 2.05) is 39.8 Å². The fourth-order valence-corrected chi connectivity index (χ4v) is 4.39. The van der Waals surface area contributed by atoms with Gasteiger partial charge in [0.25, 0.3) is 0 Å². The summed E-state index contributed by atoms with van der Waals surface area (Å²) in [4.78, 5) is 14.7. The number of carbonyl (C=O) groups is 1. The molecule has 150 valence electrons. The van der Waals surface area contributed by atoms with Crippen LogP contribution in [-0.4, -0.2) is 44.4 Å². The van der Waals surface area contributed by atoms with Crippen LogP contribution < -0.4 is 0 Å². The van der Waals surface area contributed by atoms with Gasteiger partial charge in [0.15, 0.2) is 11.0 Å². The summed E-state index contributed by atoms with van der Waals surface area (Å²) in [6.45, 7) is 6.05. The van der Waals surface area contributed by atoms with Crippen LogP contribution in [0.15, 0.2) is 59.8 Å². The minimum atomic E-state index is 0.182. The van der Waals surface area contributed by atoms with Gasteiger partial charge in [0, 0.05) is 24.3 Å². The van der Waals surface area contributed by atoms with Crippen molar-refractivity contribution in [2.24, 2.45) is 5.92 Å². The number of rotatable bonds is 5. The number of piperidine rings is 1. The molecule has 0 bridgehead atoms. The van der Waals surface area contributed by atoms with E-state index < -0.39 is 0 Å². The summed E-state index contributed by atoms with van der Waals surface area (Å²) in [5.41, 5.74) is 3.21. The molecular weight excluding hydrogens is 380 g/mol. The number of hydrogen-bond acceptors (Lipinski definition) is 4. The molecule has 1 aromatic heterocycles. The molecule has 1 aliphatic heterocycles. The molecule has 3 aromatic rings. The Morgan fingerprint density at radius 3 is 2.41 bits per heavy atom. The summed E-state index contributed by atoms with van der Waals surface area (Å²) >= 11 is 1.46. The highest BCUT2D eigenvalue weighted by Gasteiger charge is 2.22. The van der Waals surface area contributed by atoms with Gasteiger partial charge in [-0.15, -0.1) is 10.2 Å². The van der Waals surface area contributed by atoms with E-state index in [4.69, 9.17) is 0 Å². The van der Waals surface area contributed by atoms with Crippen molar-refractivity contribution in [3.05, 3.63) is 60.2 Å². The third-order valence-electron chi connectivity index (χ3n) is 5.42. The Morgan fingerprint density at radius 1 is 1.03 bits per heavy atom. The largest absolute Gasteiger partial charge is 0.342 e. The number of thioether (sulfide) groups is 1. The zero-order chi connectivity index (χ0) is 20.2. The molecule has 2 aromatic carbocycles. The second-order valence-electron chi connectivity index (χ2n) is 7.70. The minimum Gasteiger partial charge on any atom is -0.342 e. The van der Waals surface area contributed by atoms with Crippen molar-refractivity contribution in [1.82, 2.24) is 19.7 Å². The van der Waals surface area contributed by atoms with Gasteiger partial charge < -0.3 is 4.90 Å². The van der Waals surface area contributed by atoms with Gasteiger partial charge in [-0.3, -0.25) is 9.36 Å². The Labute approximate surface area is 176 Å². The smallest absolute Gasteiger partial charge is 0.233 e. The maximum Gasteiger partial charge on any atom is 0.233 e. The van der Waals surface area contributed by atoms with Crippen LogP contribution in [0.25, 0.3) is 17.1 Å². The number of aromatic nitrogens is 3. The molecular formula is C23H26N4OS. The van der Waals surface area contributed by atoms with Crippen molar-refractivity contribution in [2.45, 2.75) is 31.8 Å². The lowest BCUT2D eigenvalue weighted by atomic mass is 9.99. The van der Waals surface area contributed by atoms with E-state index in [0.717, 1.165) is 48.2 Å². The molecule has 1 saturated heterocycles. The van der Waals surface area contributed by atoms with Crippen molar-refractivity contribution < 1.29 is 4.79 Å². The maximum atomic E-state index is 12.7. The highest BCUT2D eigenvalue weighted by Crippen LogP contribution is 2.28. The summed E-state index contributed by atoms with van der Waals surface area (Å²) < 4.78 is 2.05. The number of likely N-dealkylation sites (tertiary alicyclic amines) is 1. The Kier molecular flexibility index (Phi) is 6.00. The zero-order valence-electron chi connectivity index (χ0n) is 16.9. The average molecular weight is 407 g/mol. The quantitative estimate of drug-likeness (QED) is 0.582. The highest BCUT2D eigenvalue weighted by atomic mass is 32.2. The number of aryl methyl sites for hydroxylation is 1. The van der Waals surface area contributed by atoms with Gasteiger partial charge in [-0.25, -0.2) is 0 Å². The van der Waals surface area contributed by atoms with Gasteiger partial charge in [0.1, 0.15) is 0 Å². The van der Waals surface area contributed by atoms with E-state index in [-0.39, 0.29) is 5.91 Å². The normalized spacial score (nSPS) is 14.9. The molecule has 1 amide bonds. The molecule has 6 heteroatoms. The molecule has 29 heavy (non-hydrogen) atoms. The summed E-state index contributed by atoms with van der Waals surface area (Å²) in [6.07, 6.45) is 2.18. The standard InChI is InChI=1S/C23H26N4OS/c1-17-8-10-20(11-9-17)27-22(19-6-4-3-5-7-19)24-25-23(27)29-16-21(28)26-14-12-18(2)13-15-26/h3-11,18H,12-16H2,1-2H3. The molecule has 5 nitrogen and oxygen atoms in total. The first kappa shape index (κ1) is 19.7. The van der Waals surface area contributed by atoms with E-state index in [1.165, 1.54) is 17.3 Å². The van der Waals surface area contributed by atoms with Crippen LogP contribution in [-0.2, 0) is 4.79 Å². The van der Waals surface area contributed by atoms with Crippen LogP contribution in [0.2, 0.25) is 0 Å². The van der Waals surface area contributed by atoms with Gasteiger partial charge in [0.2, 0.25) is 5.91 Å². The first-order chi connectivity index (χ1) is 14.1. The van der Waals surface area contributed by atoms with Crippen molar-refractivity contribution in [1.29, 1.82) is 0 Å². The topological polar surface area (TPSA) is 51.0 Å². The molecule has 1 aliphatic rings. The average Bonchev–Trinajstić information content (AvgIpc) is 3.17. The summed E-state index contributed by atoms with van der Waals surface area (Å²) in [7, 11) is 0. The number of amides is 1. The molecule has 0 N–H and O–H groups in total. The van der Waals surface area contributed by atoms with Gasteiger partial charge in [-0.1, -0.05) is 66.7 Å². The van der Waals surface area contributed by atoms with E-state index in [9.17, 15) is 4.79 Å². The lowest BCUT2D eigenvalue weighted by molar-refractivity contribution is -0.129. The van der Waals surface area contributed by atoms with E-state index >= 15 is 0 Å². The second kappa shape index (κ2) is 8.82. The van der Waals surface area contributed by atoms with Gasteiger partial charge in [-0.05, 0) is 37.8 Å². The molecule has 0 atom stereocenters. The van der Waals surface area contributed by atoms with Crippen molar-refractivity contribution in [2.75, 3.05) is 18.8 Å². The molecule has 0 saturated carbocycles. The van der Waals surface area contributed by atoms with Crippen LogP contribution in [0.3, 0.4) is 0 Å². The highest BCUT2D eigenvalue weighted by molar-refractivity contribution is 7.99. The van der Waals surface area contributed by atoms with Crippen molar-refractivity contribution in [3.63, 3.8) is 0 Å². The van der Waals surface area contributed by atoms with E-state index in [2.05, 4.69) is 48.3 Å². The molecule has 0 spiro atoms. The first-order valence-electron chi connectivity index (χ1n) is 10.1. The van der Waals surface area contributed by atoms with Crippen LogP contribution in [0.5, 0.6) is 0 Å². The lowest BCUT2D eigenvalue weighted by Gasteiger charge is -2.30. The summed E-state index contributed by atoms with van der Waals surface area (Å²) in [5.74, 6) is 2.07. The molecule has 1 fully saturated rings. The number of hydrogen-bond donors (Lipinski definition) is 0. The van der Waals surface area contributed by atoms with Crippen molar-refractivity contribution in [3.8, 4) is 17.1 Å². The predicted molar refractivity (Wildman–Crippen MR) is 117 cm³/mol. The van der Waals surface area contributed by atoms with Gasteiger partial charge in [-0.2, -0.15) is 0 Å². The van der Waals surface area contributed by atoms with Gasteiger partial charge in [0.05, 0.1) is 5.75 Å². The Bertz CT molecular complexity index is 960. The lowest BCUT2D eigenvalue weighted by Crippen LogP contribution is -2.38. The SMILES string of the molecule is Cc1ccc(-n2c(SCC(=O)N3CCC(C)CC3)nnc2-c2ccccc2)cc1. The third kappa shape index (κ3) is 4.53. The molecule has 0 aliphatic carbocycles. The minimum absolute atomic E-state index is 0.182. The van der Waals surface area contributed by atoms with Crippen LogP contribution in [0, 0.1) is 12.8 Å². The Hall–Kier alpha value is -2.60. The molecule has 4 rings (SSSR count). The van der Waals surface area contributed by atoms with E-state index in [0.29, 0.717) is 11.7 Å². The van der Waals surface area contributed by atoms with Crippen LogP contribution in [0.4, 0.5) is 0 Å². The van der Waals surface area contributed by atoms with Crippen LogP contribution in [0.1, 0.15) is 25.3 Å². The van der Waals surface area contributed by atoms with Crippen molar-refractivity contribution >= 4 is 17.7 Å². The Balaban J connectivity index is 1.59. The predicted octanol–water partition coefficient (Wildman–Crippen LogP) is 4.59. The number of benzene rings is 2. The monoisotopic (exact) mass is 406 g/mol. The summed E-state index contributed by atoms with van der Waals surface area (Å²) in [6, 6.07) is 18.4. The van der Waals surface area contributed by atoms with Crippen LogP contribution >= 0.6 is 11.8 Å². The molecule has 0 unspecified atom stereocenters. The third-order valence-corrected chi connectivity index (χ3v) is 6.33. The Morgan fingerprint density at radius 2 is 1.72 bits per heavy atom. The fourth-order valence-electron chi connectivity index (χ4n) is 3.54. The number of nitrogens with zero attached hydrogens (tertiary/aromatic N) is 4. The fraction of sp³-hybridized carbons (Fsp3) is 0.348. The molecule has 0 radical (unpaired) electrons.